The van der Waals surface area contributed by atoms with E-state index in [0.29, 0.717) is 0 Å². The van der Waals surface area contributed by atoms with Crippen molar-refractivity contribution in [1.82, 2.24) is 0 Å². The van der Waals surface area contributed by atoms with Gasteiger partial charge in [0.05, 0.1) is 0 Å². The fourth-order valence-electron chi connectivity index (χ4n) is 0.910. The second-order valence-corrected chi connectivity index (χ2v) is 4.65. The van der Waals surface area contributed by atoms with Gasteiger partial charge in [-0.15, -0.1) is 11.8 Å². The SMILES string of the molecule is CCC=CCSc1ccc(Br)cc1. The minimum atomic E-state index is 1.06. The summed E-state index contributed by atoms with van der Waals surface area (Å²) in [5, 5.41) is 0. The topological polar surface area (TPSA) is 0 Å². The summed E-state index contributed by atoms with van der Waals surface area (Å²) in [7, 11) is 0. The van der Waals surface area contributed by atoms with Crippen LogP contribution in [0.25, 0.3) is 0 Å². The van der Waals surface area contributed by atoms with Crippen molar-refractivity contribution in [2.75, 3.05) is 5.75 Å². The van der Waals surface area contributed by atoms with E-state index in [1.807, 2.05) is 11.8 Å². The fourth-order valence-corrected chi connectivity index (χ4v) is 1.93. The normalized spacial score (nSPS) is 10.9. The number of benzene rings is 1. The number of hydrogen-bond donors (Lipinski definition) is 0. The summed E-state index contributed by atoms with van der Waals surface area (Å²) in [5.74, 6) is 1.06. The highest BCUT2D eigenvalue weighted by atomic mass is 79.9. The van der Waals surface area contributed by atoms with E-state index in [-0.39, 0.29) is 0 Å². The molecule has 0 radical (unpaired) electrons. The van der Waals surface area contributed by atoms with Gasteiger partial charge in [0.25, 0.3) is 0 Å². The van der Waals surface area contributed by atoms with E-state index in [9.17, 15) is 0 Å². The average molecular weight is 257 g/mol. The molecule has 0 atom stereocenters. The van der Waals surface area contributed by atoms with E-state index in [2.05, 4.69) is 59.3 Å². The number of allylic oxidation sites excluding steroid dienone is 1. The Kier molecular flexibility index (Phi) is 5.25. The second kappa shape index (κ2) is 6.28. The summed E-state index contributed by atoms with van der Waals surface area (Å²) in [6.07, 6.45) is 5.54. The largest absolute Gasteiger partial charge is 0.122 e. The Hall–Kier alpha value is -0.210. The van der Waals surface area contributed by atoms with Gasteiger partial charge in [-0.3, -0.25) is 0 Å². The first-order valence-corrected chi connectivity index (χ1v) is 6.14. The Morgan fingerprint density at radius 2 is 1.92 bits per heavy atom. The third-order valence-corrected chi connectivity index (χ3v) is 3.06. The van der Waals surface area contributed by atoms with Gasteiger partial charge in [-0.2, -0.15) is 0 Å². The van der Waals surface area contributed by atoms with Crippen LogP contribution >= 0.6 is 27.7 Å². The molecule has 0 aliphatic heterocycles. The lowest BCUT2D eigenvalue weighted by Crippen LogP contribution is -1.73. The maximum Gasteiger partial charge on any atom is 0.0176 e. The molecular weight excluding hydrogens is 244 g/mol. The van der Waals surface area contributed by atoms with E-state index in [0.717, 1.165) is 16.6 Å². The van der Waals surface area contributed by atoms with Crippen molar-refractivity contribution in [2.45, 2.75) is 18.2 Å². The number of hydrogen-bond acceptors (Lipinski definition) is 1. The summed E-state index contributed by atoms with van der Waals surface area (Å²) >= 11 is 5.28. The van der Waals surface area contributed by atoms with E-state index in [4.69, 9.17) is 0 Å². The van der Waals surface area contributed by atoms with E-state index < -0.39 is 0 Å². The minimum absolute atomic E-state index is 1.06. The molecule has 70 valence electrons. The zero-order valence-corrected chi connectivity index (χ0v) is 10.1. The van der Waals surface area contributed by atoms with Gasteiger partial charge in [-0.1, -0.05) is 35.0 Å². The maximum absolute atomic E-state index is 3.42. The van der Waals surface area contributed by atoms with Crippen LogP contribution in [0.3, 0.4) is 0 Å². The monoisotopic (exact) mass is 256 g/mol. The predicted octanol–water partition coefficient (Wildman–Crippen LogP) is 4.51. The van der Waals surface area contributed by atoms with Gasteiger partial charge < -0.3 is 0 Å². The lowest BCUT2D eigenvalue weighted by molar-refractivity contribution is 1.22. The first-order valence-electron chi connectivity index (χ1n) is 4.36. The van der Waals surface area contributed by atoms with Gasteiger partial charge >= 0.3 is 0 Å². The van der Waals surface area contributed by atoms with Crippen LogP contribution in [0, 0.1) is 0 Å². The minimum Gasteiger partial charge on any atom is -0.122 e. The molecule has 1 rings (SSSR count). The van der Waals surface area contributed by atoms with Crippen LogP contribution in [0.5, 0.6) is 0 Å². The molecule has 0 saturated carbocycles. The molecule has 0 N–H and O–H groups in total. The lowest BCUT2D eigenvalue weighted by atomic mass is 10.4. The Morgan fingerprint density at radius 1 is 1.23 bits per heavy atom. The van der Waals surface area contributed by atoms with Gasteiger partial charge in [-0.05, 0) is 30.7 Å². The van der Waals surface area contributed by atoms with Crippen molar-refractivity contribution in [3.8, 4) is 0 Å². The van der Waals surface area contributed by atoms with Crippen LogP contribution in [-0.4, -0.2) is 5.75 Å². The maximum atomic E-state index is 3.42. The highest BCUT2D eigenvalue weighted by Gasteiger charge is 1.90. The third-order valence-electron chi connectivity index (χ3n) is 1.56. The first-order chi connectivity index (χ1) is 6.33. The molecular formula is C11H13BrS. The predicted molar refractivity (Wildman–Crippen MR) is 64.3 cm³/mol. The zero-order valence-electron chi connectivity index (χ0n) is 7.66. The van der Waals surface area contributed by atoms with Gasteiger partial charge in [0.1, 0.15) is 0 Å². The second-order valence-electron chi connectivity index (χ2n) is 2.64. The van der Waals surface area contributed by atoms with E-state index >= 15 is 0 Å². The quantitative estimate of drug-likeness (QED) is 0.565. The van der Waals surface area contributed by atoms with Crippen LogP contribution < -0.4 is 0 Å². The van der Waals surface area contributed by atoms with Gasteiger partial charge in [0.15, 0.2) is 0 Å². The van der Waals surface area contributed by atoms with Crippen molar-refractivity contribution in [2.24, 2.45) is 0 Å². The Balaban J connectivity index is 2.37. The molecule has 2 heteroatoms. The summed E-state index contributed by atoms with van der Waals surface area (Å²) in [5.41, 5.74) is 0. The van der Waals surface area contributed by atoms with Crippen LogP contribution in [0.1, 0.15) is 13.3 Å². The summed E-state index contributed by atoms with van der Waals surface area (Å²) in [6.45, 7) is 2.15. The van der Waals surface area contributed by atoms with Gasteiger partial charge in [0.2, 0.25) is 0 Å². The Bertz CT molecular complexity index is 264. The molecule has 0 heterocycles. The summed E-state index contributed by atoms with van der Waals surface area (Å²) in [6, 6.07) is 8.42. The first kappa shape index (κ1) is 10.9. The molecule has 0 aliphatic carbocycles. The standard InChI is InChI=1S/C11H13BrS/c1-2-3-4-9-13-11-7-5-10(12)6-8-11/h3-8H,2,9H2,1H3. The van der Waals surface area contributed by atoms with Crippen molar-refractivity contribution < 1.29 is 0 Å². The Morgan fingerprint density at radius 3 is 2.54 bits per heavy atom. The molecule has 0 spiro atoms. The molecule has 0 nitrogen and oxygen atoms in total. The zero-order chi connectivity index (χ0) is 9.52. The van der Waals surface area contributed by atoms with Gasteiger partial charge in [0, 0.05) is 15.1 Å². The van der Waals surface area contributed by atoms with Crippen molar-refractivity contribution in [3.05, 3.63) is 40.9 Å². The smallest absolute Gasteiger partial charge is 0.0176 e. The van der Waals surface area contributed by atoms with Crippen LogP contribution in [0.4, 0.5) is 0 Å². The highest BCUT2D eigenvalue weighted by molar-refractivity contribution is 9.10. The molecule has 0 saturated heterocycles. The molecule has 1 aromatic carbocycles. The van der Waals surface area contributed by atoms with Gasteiger partial charge in [-0.25, -0.2) is 0 Å². The molecule has 0 aliphatic rings. The van der Waals surface area contributed by atoms with Crippen LogP contribution in [0.15, 0.2) is 45.8 Å². The van der Waals surface area contributed by atoms with Crippen LogP contribution in [0.2, 0.25) is 0 Å². The fraction of sp³-hybridized carbons (Fsp3) is 0.273. The van der Waals surface area contributed by atoms with Crippen molar-refractivity contribution in [3.63, 3.8) is 0 Å². The molecule has 1 aromatic rings. The molecule has 0 amide bonds. The molecule has 0 bridgehead atoms. The summed E-state index contributed by atoms with van der Waals surface area (Å²) < 4.78 is 1.14. The van der Waals surface area contributed by atoms with E-state index in [1.54, 1.807) is 0 Å². The summed E-state index contributed by atoms with van der Waals surface area (Å²) in [4.78, 5) is 1.32. The van der Waals surface area contributed by atoms with Crippen molar-refractivity contribution in [1.29, 1.82) is 0 Å². The highest BCUT2D eigenvalue weighted by Crippen LogP contribution is 2.20. The number of halogens is 1. The van der Waals surface area contributed by atoms with Crippen molar-refractivity contribution >= 4 is 27.7 Å². The average Bonchev–Trinajstić information content (AvgIpc) is 2.15. The van der Waals surface area contributed by atoms with E-state index in [1.165, 1.54) is 4.90 Å². The van der Waals surface area contributed by atoms with Crippen LogP contribution in [-0.2, 0) is 0 Å². The molecule has 0 aromatic heterocycles. The third kappa shape index (κ3) is 4.53. The lowest BCUT2D eigenvalue weighted by Gasteiger charge is -1.97. The molecule has 0 unspecified atom stereocenters. The Labute approximate surface area is 92.6 Å². The molecule has 0 fully saturated rings. The number of thioether (sulfide) groups is 1. The molecule has 13 heavy (non-hydrogen) atoms. The number of rotatable bonds is 4.